The van der Waals surface area contributed by atoms with E-state index in [1.165, 1.54) is 30.5 Å². The summed E-state index contributed by atoms with van der Waals surface area (Å²) in [5, 5.41) is 4.76. The first kappa shape index (κ1) is 22.6. The molecule has 0 spiro atoms. The van der Waals surface area contributed by atoms with Gasteiger partial charge in [-0.15, -0.1) is 0 Å². The first-order valence-electron chi connectivity index (χ1n) is 9.10. The van der Waals surface area contributed by atoms with Gasteiger partial charge in [0.1, 0.15) is 0 Å². The summed E-state index contributed by atoms with van der Waals surface area (Å²) < 4.78 is 38.9. The summed E-state index contributed by atoms with van der Waals surface area (Å²) in [6.45, 7) is 2.78. The highest BCUT2D eigenvalue weighted by atomic mass is 35.5. The van der Waals surface area contributed by atoms with E-state index in [4.69, 9.17) is 37.5 Å². The topological polar surface area (TPSA) is 86.2 Å². The molecule has 0 atom stereocenters. The summed E-state index contributed by atoms with van der Waals surface area (Å²) in [5.41, 5.74) is 0.816. The van der Waals surface area contributed by atoms with E-state index in [0.29, 0.717) is 40.3 Å². The van der Waals surface area contributed by atoms with Crippen molar-refractivity contribution in [2.45, 2.75) is 24.5 Å². The van der Waals surface area contributed by atoms with Crippen LogP contribution in [-0.4, -0.2) is 27.8 Å². The lowest BCUT2D eigenvalue weighted by atomic mass is 10.1. The maximum Gasteiger partial charge on any atom is 0.261 e. The fourth-order valence-corrected chi connectivity index (χ4v) is 4.00. The third-order valence-electron chi connectivity index (χ3n) is 3.99. The average molecular weight is 471 g/mol. The highest BCUT2D eigenvalue weighted by Crippen LogP contribution is 2.34. The molecule has 0 unspecified atom stereocenters. The van der Waals surface area contributed by atoms with Crippen molar-refractivity contribution in [3.05, 3.63) is 64.2 Å². The zero-order valence-corrected chi connectivity index (χ0v) is 18.4. The van der Waals surface area contributed by atoms with Gasteiger partial charge in [-0.25, -0.2) is 8.42 Å². The minimum atomic E-state index is -3.80. The minimum Gasteiger partial charge on any atom is -0.356 e. The van der Waals surface area contributed by atoms with Gasteiger partial charge in [0.25, 0.3) is 10.0 Å². The number of nitrogens with one attached hydrogen (secondary N) is 1. The largest absolute Gasteiger partial charge is 0.356 e. The second kappa shape index (κ2) is 10.3. The van der Waals surface area contributed by atoms with Gasteiger partial charge < -0.3 is 14.3 Å². The molecule has 0 aliphatic carbocycles. The zero-order valence-electron chi connectivity index (χ0n) is 16.0. The summed E-state index contributed by atoms with van der Waals surface area (Å²) in [7, 11) is -3.80. The van der Waals surface area contributed by atoms with Crippen LogP contribution in [0.5, 0.6) is 5.75 Å². The second-order valence-corrected chi connectivity index (χ2v) is 8.76. The van der Waals surface area contributed by atoms with Gasteiger partial charge in [-0.1, -0.05) is 41.4 Å². The van der Waals surface area contributed by atoms with Crippen LogP contribution in [-0.2, 0) is 19.5 Å². The van der Waals surface area contributed by atoms with Gasteiger partial charge in [-0.05, 0) is 48.9 Å². The van der Waals surface area contributed by atoms with Gasteiger partial charge in [0.15, 0.2) is 12.0 Å². The highest BCUT2D eigenvalue weighted by molar-refractivity contribution is 7.92. The molecule has 160 valence electrons. The van der Waals surface area contributed by atoms with Gasteiger partial charge >= 0.3 is 0 Å². The molecule has 1 fully saturated rings. The lowest BCUT2D eigenvalue weighted by molar-refractivity contribution is -0.0457. The molecule has 1 saturated heterocycles. The Bertz CT molecular complexity index is 1030. The molecule has 1 N–H and O–H groups in total. The fraction of sp³-hybridized carbons (Fsp3) is 0.250. The van der Waals surface area contributed by atoms with Gasteiger partial charge in [-0.2, -0.15) is 0 Å². The van der Waals surface area contributed by atoms with Gasteiger partial charge in [0.2, 0.25) is 0 Å². The standard InChI is InChI=1S/C20H20Cl2N2O5S/c1-2-3-15(22)13-23-29-19-9-6-16(12-18(19)20-27-10-11-28-20)24-30(25,26)17-7-4-14(21)5-8-17/h3-9,12-13,20,24H,2,10-11H2,1H3/b15-3+,23-13?. The van der Waals surface area contributed by atoms with Crippen LogP contribution >= 0.6 is 23.2 Å². The lowest BCUT2D eigenvalue weighted by Crippen LogP contribution is -2.13. The van der Waals surface area contributed by atoms with Crippen LogP contribution < -0.4 is 9.56 Å². The number of benzene rings is 2. The number of hydrogen-bond donors (Lipinski definition) is 1. The van der Waals surface area contributed by atoms with Crippen molar-refractivity contribution in [3.8, 4) is 5.75 Å². The Kier molecular flexibility index (Phi) is 7.74. The van der Waals surface area contributed by atoms with Gasteiger partial charge in [0.05, 0.1) is 34.9 Å². The predicted octanol–water partition coefficient (Wildman–Crippen LogP) is 5.08. The van der Waals surface area contributed by atoms with Crippen molar-refractivity contribution in [1.29, 1.82) is 0 Å². The molecule has 2 aromatic carbocycles. The molecular formula is C20H20Cl2N2O5S. The molecule has 0 radical (unpaired) electrons. The number of allylic oxidation sites excluding steroid dienone is 2. The van der Waals surface area contributed by atoms with Gasteiger partial charge in [0, 0.05) is 10.7 Å². The number of oxime groups is 1. The number of rotatable bonds is 8. The first-order valence-corrected chi connectivity index (χ1v) is 11.3. The number of ether oxygens (including phenoxy) is 2. The van der Waals surface area contributed by atoms with Crippen LogP contribution in [0.1, 0.15) is 25.2 Å². The first-order chi connectivity index (χ1) is 14.4. The molecular weight excluding hydrogens is 451 g/mol. The third-order valence-corrected chi connectivity index (χ3v) is 5.89. The number of nitrogens with zero attached hydrogens (tertiary/aromatic N) is 1. The smallest absolute Gasteiger partial charge is 0.261 e. The second-order valence-electron chi connectivity index (χ2n) is 6.21. The lowest BCUT2D eigenvalue weighted by Gasteiger charge is -2.15. The third kappa shape index (κ3) is 5.96. The number of sulfonamides is 1. The Morgan fingerprint density at radius 2 is 1.93 bits per heavy atom. The SMILES string of the molecule is CC/C=C(/Cl)C=NOc1ccc(NS(=O)(=O)c2ccc(Cl)cc2)cc1C1OCCO1. The van der Waals surface area contributed by atoms with E-state index in [9.17, 15) is 8.42 Å². The normalized spacial score (nSPS) is 15.6. The predicted molar refractivity (Wildman–Crippen MR) is 117 cm³/mol. The Morgan fingerprint density at radius 3 is 2.60 bits per heavy atom. The summed E-state index contributed by atoms with van der Waals surface area (Å²) in [4.78, 5) is 5.53. The molecule has 1 heterocycles. The molecule has 7 nitrogen and oxygen atoms in total. The number of halogens is 2. The van der Waals surface area contributed by atoms with Crippen molar-refractivity contribution in [2.24, 2.45) is 5.16 Å². The molecule has 2 aromatic rings. The molecule has 0 saturated carbocycles. The fourth-order valence-electron chi connectivity index (χ4n) is 2.63. The Morgan fingerprint density at radius 1 is 1.23 bits per heavy atom. The summed E-state index contributed by atoms with van der Waals surface area (Å²) in [6.07, 6.45) is 3.23. The van der Waals surface area contributed by atoms with Crippen LogP contribution in [0.2, 0.25) is 5.02 Å². The highest BCUT2D eigenvalue weighted by Gasteiger charge is 2.24. The average Bonchev–Trinajstić information content (AvgIpc) is 3.24. The molecule has 10 heteroatoms. The maximum atomic E-state index is 12.6. The van der Waals surface area contributed by atoms with E-state index < -0.39 is 16.3 Å². The molecule has 0 bridgehead atoms. The quantitative estimate of drug-likeness (QED) is 0.429. The van der Waals surface area contributed by atoms with Crippen molar-refractivity contribution in [1.82, 2.24) is 0 Å². The van der Waals surface area contributed by atoms with Crippen molar-refractivity contribution < 1.29 is 22.7 Å². The van der Waals surface area contributed by atoms with Crippen LogP contribution in [0.25, 0.3) is 0 Å². The van der Waals surface area contributed by atoms with E-state index in [1.807, 2.05) is 6.92 Å². The van der Waals surface area contributed by atoms with Crippen molar-refractivity contribution in [2.75, 3.05) is 17.9 Å². The summed E-state index contributed by atoms with van der Waals surface area (Å²) >= 11 is 11.8. The summed E-state index contributed by atoms with van der Waals surface area (Å²) in [6, 6.07) is 10.6. The van der Waals surface area contributed by atoms with Crippen LogP contribution in [0.3, 0.4) is 0 Å². The van der Waals surface area contributed by atoms with E-state index in [-0.39, 0.29) is 4.90 Å². The molecule has 0 amide bonds. The molecule has 30 heavy (non-hydrogen) atoms. The molecule has 3 rings (SSSR count). The minimum absolute atomic E-state index is 0.0871. The van der Waals surface area contributed by atoms with E-state index >= 15 is 0 Å². The van der Waals surface area contributed by atoms with Crippen molar-refractivity contribution in [3.63, 3.8) is 0 Å². The van der Waals surface area contributed by atoms with Crippen LogP contribution in [0.4, 0.5) is 5.69 Å². The number of anilines is 1. The molecule has 1 aliphatic heterocycles. The number of hydrogen-bond acceptors (Lipinski definition) is 6. The zero-order chi connectivity index (χ0) is 21.6. The van der Waals surface area contributed by atoms with Crippen molar-refractivity contribution >= 4 is 45.1 Å². The Labute approximate surface area is 185 Å². The molecule has 0 aromatic heterocycles. The van der Waals surface area contributed by atoms with Crippen LogP contribution in [0, 0.1) is 0 Å². The Hall–Kier alpha value is -2.10. The van der Waals surface area contributed by atoms with E-state index in [2.05, 4.69) is 9.88 Å². The maximum absolute atomic E-state index is 12.6. The molecule has 1 aliphatic rings. The summed E-state index contributed by atoms with van der Waals surface area (Å²) in [5.74, 6) is 0.355. The van der Waals surface area contributed by atoms with E-state index in [0.717, 1.165) is 6.42 Å². The Balaban J connectivity index is 1.85. The van der Waals surface area contributed by atoms with Gasteiger partial charge in [-0.3, -0.25) is 4.72 Å². The monoisotopic (exact) mass is 470 g/mol. The van der Waals surface area contributed by atoms with Crippen LogP contribution in [0.15, 0.2) is 63.6 Å². The van der Waals surface area contributed by atoms with E-state index in [1.54, 1.807) is 24.3 Å².